The Hall–Kier alpha value is -1.42. The molecule has 0 aromatic heterocycles. The molecule has 2 N–H and O–H groups in total. The molecular formula is C15H26N2O2. The number of rotatable bonds is 7. The van der Waals surface area contributed by atoms with Crippen molar-refractivity contribution in [3.05, 3.63) is 17.7 Å². The maximum Gasteiger partial charge on any atom is 0.162 e. The van der Waals surface area contributed by atoms with Crippen LogP contribution in [0.5, 0.6) is 11.5 Å². The molecule has 1 unspecified atom stereocenters. The van der Waals surface area contributed by atoms with E-state index in [4.69, 9.17) is 15.2 Å². The molecule has 108 valence electrons. The molecule has 0 saturated heterocycles. The third-order valence-corrected chi connectivity index (χ3v) is 3.56. The molecule has 4 nitrogen and oxygen atoms in total. The predicted molar refractivity (Wildman–Crippen MR) is 80.4 cm³/mol. The predicted octanol–water partition coefficient (Wildman–Crippen LogP) is 2.43. The van der Waals surface area contributed by atoms with E-state index in [2.05, 4.69) is 25.8 Å². The SMILES string of the molecule is CCC(CN)CN(C)c1cc(OC)c(OC)cc1C. The van der Waals surface area contributed by atoms with Gasteiger partial charge in [-0.25, -0.2) is 0 Å². The number of aryl methyl sites for hydroxylation is 1. The van der Waals surface area contributed by atoms with Crippen LogP contribution in [-0.2, 0) is 0 Å². The second kappa shape index (κ2) is 7.24. The smallest absolute Gasteiger partial charge is 0.162 e. The number of methoxy groups -OCH3 is 2. The minimum Gasteiger partial charge on any atom is -0.493 e. The van der Waals surface area contributed by atoms with Crippen LogP contribution in [0.2, 0.25) is 0 Å². The summed E-state index contributed by atoms with van der Waals surface area (Å²) in [6, 6.07) is 4.03. The van der Waals surface area contributed by atoms with Gasteiger partial charge in [-0.05, 0) is 31.0 Å². The molecule has 4 heteroatoms. The summed E-state index contributed by atoms with van der Waals surface area (Å²) >= 11 is 0. The standard InChI is InChI=1S/C15H26N2O2/c1-6-12(9-16)10-17(3)13-8-15(19-5)14(18-4)7-11(13)2/h7-8,12H,6,9-10,16H2,1-5H3. The Kier molecular flexibility index (Phi) is 5.96. The zero-order valence-electron chi connectivity index (χ0n) is 12.7. The molecule has 0 aliphatic heterocycles. The van der Waals surface area contributed by atoms with Gasteiger partial charge in [0.05, 0.1) is 14.2 Å². The highest BCUT2D eigenvalue weighted by Crippen LogP contribution is 2.34. The minimum absolute atomic E-state index is 0.512. The van der Waals surface area contributed by atoms with E-state index in [1.165, 1.54) is 5.56 Å². The van der Waals surface area contributed by atoms with Crippen LogP contribution in [0.15, 0.2) is 12.1 Å². The van der Waals surface area contributed by atoms with Crippen molar-refractivity contribution in [2.75, 3.05) is 39.3 Å². The van der Waals surface area contributed by atoms with Crippen LogP contribution in [0, 0.1) is 12.8 Å². The van der Waals surface area contributed by atoms with E-state index in [0.717, 1.165) is 30.2 Å². The first-order valence-electron chi connectivity index (χ1n) is 6.71. The first-order valence-corrected chi connectivity index (χ1v) is 6.71. The first-order chi connectivity index (χ1) is 9.07. The van der Waals surface area contributed by atoms with Gasteiger partial charge in [0, 0.05) is 25.3 Å². The lowest BCUT2D eigenvalue weighted by atomic mass is 10.1. The van der Waals surface area contributed by atoms with E-state index in [1.807, 2.05) is 12.1 Å². The molecule has 1 rings (SSSR count). The molecule has 0 heterocycles. The van der Waals surface area contributed by atoms with E-state index in [0.29, 0.717) is 12.5 Å². The number of hydrogen-bond donors (Lipinski definition) is 1. The van der Waals surface area contributed by atoms with Gasteiger partial charge in [-0.15, -0.1) is 0 Å². The molecule has 1 atom stereocenters. The fraction of sp³-hybridized carbons (Fsp3) is 0.600. The van der Waals surface area contributed by atoms with Gasteiger partial charge in [-0.1, -0.05) is 13.3 Å². The van der Waals surface area contributed by atoms with Crippen LogP contribution < -0.4 is 20.1 Å². The molecule has 1 aromatic rings. The highest BCUT2D eigenvalue weighted by atomic mass is 16.5. The van der Waals surface area contributed by atoms with Gasteiger partial charge in [-0.3, -0.25) is 0 Å². The van der Waals surface area contributed by atoms with Crippen LogP contribution >= 0.6 is 0 Å². The second-order valence-corrected chi connectivity index (χ2v) is 4.88. The summed E-state index contributed by atoms with van der Waals surface area (Å²) in [6.07, 6.45) is 1.09. The van der Waals surface area contributed by atoms with Crippen molar-refractivity contribution >= 4 is 5.69 Å². The van der Waals surface area contributed by atoms with Crippen molar-refractivity contribution < 1.29 is 9.47 Å². The van der Waals surface area contributed by atoms with Gasteiger partial charge in [0.25, 0.3) is 0 Å². The summed E-state index contributed by atoms with van der Waals surface area (Å²) in [5, 5.41) is 0. The largest absolute Gasteiger partial charge is 0.493 e. The molecule has 0 fully saturated rings. The fourth-order valence-electron chi connectivity index (χ4n) is 2.24. The number of ether oxygens (including phenoxy) is 2. The van der Waals surface area contributed by atoms with Gasteiger partial charge < -0.3 is 20.1 Å². The van der Waals surface area contributed by atoms with Crippen LogP contribution in [0.3, 0.4) is 0 Å². The van der Waals surface area contributed by atoms with Crippen molar-refractivity contribution in [2.45, 2.75) is 20.3 Å². The lowest BCUT2D eigenvalue weighted by Crippen LogP contribution is -2.30. The van der Waals surface area contributed by atoms with Gasteiger partial charge in [0.2, 0.25) is 0 Å². The maximum absolute atomic E-state index is 5.78. The number of hydrogen-bond acceptors (Lipinski definition) is 4. The Balaban J connectivity index is 2.99. The fourth-order valence-corrected chi connectivity index (χ4v) is 2.24. The van der Waals surface area contributed by atoms with E-state index in [9.17, 15) is 0 Å². The van der Waals surface area contributed by atoms with E-state index < -0.39 is 0 Å². The van der Waals surface area contributed by atoms with E-state index >= 15 is 0 Å². The molecule has 0 spiro atoms. The zero-order chi connectivity index (χ0) is 14.4. The second-order valence-electron chi connectivity index (χ2n) is 4.88. The molecular weight excluding hydrogens is 240 g/mol. The van der Waals surface area contributed by atoms with Crippen molar-refractivity contribution in [3.63, 3.8) is 0 Å². The third-order valence-electron chi connectivity index (χ3n) is 3.56. The Labute approximate surface area is 116 Å². The molecule has 0 bridgehead atoms. The Morgan fingerprint density at radius 2 is 1.79 bits per heavy atom. The van der Waals surface area contributed by atoms with Gasteiger partial charge >= 0.3 is 0 Å². The van der Waals surface area contributed by atoms with Crippen LogP contribution in [0.25, 0.3) is 0 Å². The molecule has 19 heavy (non-hydrogen) atoms. The van der Waals surface area contributed by atoms with Crippen LogP contribution in [0.1, 0.15) is 18.9 Å². The number of nitrogens with two attached hydrogens (primary N) is 1. The Morgan fingerprint density at radius 3 is 2.26 bits per heavy atom. The zero-order valence-corrected chi connectivity index (χ0v) is 12.7. The quantitative estimate of drug-likeness (QED) is 0.823. The summed E-state index contributed by atoms with van der Waals surface area (Å²) in [5.41, 5.74) is 8.11. The molecule has 0 radical (unpaired) electrons. The molecule has 0 aliphatic rings. The summed E-state index contributed by atoms with van der Waals surface area (Å²) in [4.78, 5) is 2.23. The minimum atomic E-state index is 0.512. The normalized spacial score (nSPS) is 12.1. The topological polar surface area (TPSA) is 47.7 Å². The molecule has 1 aromatic carbocycles. The maximum atomic E-state index is 5.78. The van der Waals surface area contributed by atoms with Gasteiger partial charge in [0.15, 0.2) is 11.5 Å². The van der Waals surface area contributed by atoms with E-state index in [-0.39, 0.29) is 0 Å². The average Bonchev–Trinajstić information content (AvgIpc) is 2.43. The van der Waals surface area contributed by atoms with Crippen LogP contribution in [-0.4, -0.2) is 34.4 Å². The van der Waals surface area contributed by atoms with E-state index in [1.54, 1.807) is 14.2 Å². The van der Waals surface area contributed by atoms with Crippen molar-refractivity contribution in [2.24, 2.45) is 11.7 Å². The monoisotopic (exact) mass is 266 g/mol. The summed E-state index contributed by atoms with van der Waals surface area (Å²) < 4.78 is 10.7. The highest BCUT2D eigenvalue weighted by molar-refractivity contribution is 5.61. The lowest BCUT2D eigenvalue weighted by molar-refractivity contribution is 0.354. The summed E-state index contributed by atoms with van der Waals surface area (Å²) in [7, 11) is 5.40. The van der Waals surface area contributed by atoms with Crippen molar-refractivity contribution in [1.29, 1.82) is 0 Å². The van der Waals surface area contributed by atoms with Crippen molar-refractivity contribution in [1.82, 2.24) is 0 Å². The number of benzene rings is 1. The number of nitrogens with zero attached hydrogens (tertiary/aromatic N) is 1. The number of anilines is 1. The van der Waals surface area contributed by atoms with Crippen molar-refractivity contribution in [3.8, 4) is 11.5 Å². The summed E-state index contributed by atoms with van der Waals surface area (Å²) in [6.45, 7) is 5.92. The Morgan fingerprint density at radius 1 is 1.21 bits per heavy atom. The highest BCUT2D eigenvalue weighted by Gasteiger charge is 2.14. The average molecular weight is 266 g/mol. The van der Waals surface area contributed by atoms with Crippen LogP contribution in [0.4, 0.5) is 5.69 Å². The lowest BCUT2D eigenvalue weighted by Gasteiger charge is -2.26. The summed E-state index contributed by atoms with van der Waals surface area (Å²) in [5.74, 6) is 2.04. The van der Waals surface area contributed by atoms with Gasteiger partial charge in [0.1, 0.15) is 0 Å². The molecule has 0 aliphatic carbocycles. The Bertz CT molecular complexity index is 403. The third kappa shape index (κ3) is 3.77. The molecule has 0 saturated carbocycles. The first kappa shape index (κ1) is 15.6. The van der Waals surface area contributed by atoms with Gasteiger partial charge in [-0.2, -0.15) is 0 Å². The molecule has 0 amide bonds.